The molecule has 0 aliphatic rings. The Morgan fingerprint density at radius 1 is 1.21 bits per heavy atom. The van der Waals surface area contributed by atoms with Gasteiger partial charge in [0.1, 0.15) is 5.69 Å². The van der Waals surface area contributed by atoms with Crippen molar-refractivity contribution in [3.63, 3.8) is 0 Å². The molecule has 0 aliphatic heterocycles. The van der Waals surface area contributed by atoms with Crippen LogP contribution in [-0.2, 0) is 19.6 Å². The lowest BCUT2D eigenvalue weighted by Gasteiger charge is -2.08. The van der Waals surface area contributed by atoms with Gasteiger partial charge in [0.15, 0.2) is 0 Å². The van der Waals surface area contributed by atoms with Gasteiger partial charge in [0, 0.05) is 37.1 Å². The van der Waals surface area contributed by atoms with E-state index in [-0.39, 0.29) is 5.91 Å². The molecule has 29 heavy (non-hydrogen) atoms. The van der Waals surface area contributed by atoms with Gasteiger partial charge in [-0.2, -0.15) is 10.2 Å². The first-order chi connectivity index (χ1) is 14.0. The molecule has 1 N–H and O–H groups in total. The van der Waals surface area contributed by atoms with Crippen LogP contribution in [0.5, 0.6) is 0 Å². The van der Waals surface area contributed by atoms with E-state index < -0.39 is 0 Å². The van der Waals surface area contributed by atoms with Crippen LogP contribution in [0.3, 0.4) is 0 Å². The molecule has 9 nitrogen and oxygen atoms in total. The topological polar surface area (TPSA) is 104 Å². The largest absolute Gasteiger partial charge is 0.348 e. The van der Waals surface area contributed by atoms with Crippen LogP contribution in [-0.4, -0.2) is 35.6 Å². The highest BCUT2D eigenvalue weighted by molar-refractivity contribution is 6.06. The van der Waals surface area contributed by atoms with Gasteiger partial charge in [-0.3, -0.25) is 14.2 Å². The molecule has 0 unspecified atom stereocenters. The van der Waals surface area contributed by atoms with Crippen molar-refractivity contribution in [3.05, 3.63) is 47.0 Å². The van der Waals surface area contributed by atoms with Gasteiger partial charge in [0.2, 0.25) is 0 Å². The number of fused-ring (bicyclic) bond motifs is 1. The fourth-order valence-corrected chi connectivity index (χ4v) is 3.33. The van der Waals surface area contributed by atoms with Crippen molar-refractivity contribution < 1.29 is 9.32 Å². The predicted octanol–water partition coefficient (Wildman–Crippen LogP) is 2.87. The van der Waals surface area contributed by atoms with E-state index in [0.717, 1.165) is 24.3 Å². The van der Waals surface area contributed by atoms with Gasteiger partial charge in [0.05, 0.1) is 28.5 Å². The van der Waals surface area contributed by atoms with Gasteiger partial charge in [-0.25, -0.2) is 4.98 Å². The first-order valence-corrected chi connectivity index (χ1v) is 9.62. The minimum absolute atomic E-state index is 0.219. The van der Waals surface area contributed by atoms with Crippen LogP contribution in [0.4, 0.5) is 0 Å². The van der Waals surface area contributed by atoms with E-state index in [2.05, 4.69) is 25.7 Å². The number of hydrogen-bond donors (Lipinski definition) is 1. The van der Waals surface area contributed by atoms with Gasteiger partial charge in [-0.05, 0) is 39.8 Å². The number of aryl methyl sites for hydroxylation is 3. The summed E-state index contributed by atoms with van der Waals surface area (Å²) >= 11 is 0. The summed E-state index contributed by atoms with van der Waals surface area (Å²) in [7, 11) is 0. The Bertz CT molecular complexity index is 1190. The van der Waals surface area contributed by atoms with Crippen molar-refractivity contribution in [1.29, 1.82) is 0 Å². The lowest BCUT2D eigenvalue weighted by molar-refractivity contribution is 0.0952. The average Bonchev–Trinajstić information content (AvgIpc) is 3.44. The van der Waals surface area contributed by atoms with Gasteiger partial charge in [-0.15, -0.1) is 0 Å². The normalized spacial score (nSPS) is 11.3. The van der Waals surface area contributed by atoms with Crippen LogP contribution >= 0.6 is 0 Å². The van der Waals surface area contributed by atoms with Crippen molar-refractivity contribution in [2.75, 3.05) is 0 Å². The summed E-state index contributed by atoms with van der Waals surface area (Å²) in [6.45, 7) is 9.76. The van der Waals surface area contributed by atoms with E-state index in [0.29, 0.717) is 40.3 Å². The van der Waals surface area contributed by atoms with Crippen LogP contribution in [0.25, 0.3) is 22.5 Å². The highest BCUT2D eigenvalue weighted by Gasteiger charge is 2.20. The SMILES string of the molecule is CCn1ccc(-c2cc(C(=O)NCc3cnn(CC)c3C)c3c(C)noc3n2)n1. The molecule has 150 valence electrons. The number of rotatable bonds is 6. The summed E-state index contributed by atoms with van der Waals surface area (Å²) in [5, 5.41) is 16.4. The second-order valence-electron chi connectivity index (χ2n) is 6.81. The molecule has 0 spiro atoms. The zero-order valence-corrected chi connectivity index (χ0v) is 16.9. The van der Waals surface area contributed by atoms with Crippen LogP contribution in [0.1, 0.15) is 41.2 Å². The number of carbonyl (C=O) groups excluding carboxylic acids is 1. The Morgan fingerprint density at radius 3 is 2.72 bits per heavy atom. The van der Waals surface area contributed by atoms with Crippen LogP contribution in [0, 0.1) is 13.8 Å². The Hall–Kier alpha value is -3.49. The van der Waals surface area contributed by atoms with Crippen molar-refractivity contribution in [3.8, 4) is 11.4 Å². The second kappa shape index (κ2) is 7.50. The van der Waals surface area contributed by atoms with Crippen LogP contribution in [0.15, 0.2) is 29.0 Å². The van der Waals surface area contributed by atoms with E-state index in [1.165, 1.54) is 0 Å². The number of pyridine rings is 1. The standard InChI is InChI=1S/C20H23N7O2/c1-5-26-8-7-16(24-26)17-9-15(18-12(3)25-29-20(18)23-17)19(28)21-10-14-11-22-27(6-2)13(14)4/h7-9,11H,5-6,10H2,1-4H3,(H,21,28). The molecule has 9 heteroatoms. The maximum atomic E-state index is 13.1. The summed E-state index contributed by atoms with van der Waals surface area (Å²) in [5.41, 5.74) is 4.69. The Labute approximate surface area is 167 Å². The monoisotopic (exact) mass is 393 g/mol. The molecule has 0 atom stereocenters. The summed E-state index contributed by atoms with van der Waals surface area (Å²) in [6, 6.07) is 3.61. The van der Waals surface area contributed by atoms with E-state index >= 15 is 0 Å². The number of hydrogen-bond acceptors (Lipinski definition) is 6. The summed E-state index contributed by atoms with van der Waals surface area (Å²) in [5.74, 6) is -0.219. The first-order valence-electron chi connectivity index (χ1n) is 9.62. The number of carbonyl (C=O) groups is 1. The quantitative estimate of drug-likeness (QED) is 0.540. The Kier molecular flexibility index (Phi) is 4.87. The predicted molar refractivity (Wildman–Crippen MR) is 107 cm³/mol. The molecule has 4 aromatic heterocycles. The maximum absolute atomic E-state index is 13.1. The third-order valence-corrected chi connectivity index (χ3v) is 5.03. The fraction of sp³-hybridized carbons (Fsp3) is 0.350. The minimum atomic E-state index is -0.219. The third kappa shape index (κ3) is 3.39. The highest BCUT2D eigenvalue weighted by atomic mass is 16.5. The lowest BCUT2D eigenvalue weighted by atomic mass is 10.1. The number of nitrogens with zero attached hydrogens (tertiary/aromatic N) is 6. The molecular formula is C20H23N7O2. The van der Waals surface area contributed by atoms with E-state index in [4.69, 9.17) is 4.52 Å². The Morgan fingerprint density at radius 2 is 2.03 bits per heavy atom. The van der Waals surface area contributed by atoms with E-state index in [1.807, 2.05) is 37.7 Å². The lowest BCUT2D eigenvalue weighted by Crippen LogP contribution is -2.23. The third-order valence-electron chi connectivity index (χ3n) is 5.03. The molecule has 0 saturated carbocycles. The smallest absolute Gasteiger partial charge is 0.259 e. The molecule has 0 fully saturated rings. The van der Waals surface area contributed by atoms with Gasteiger partial charge in [0.25, 0.3) is 11.6 Å². The summed E-state index contributed by atoms with van der Waals surface area (Å²) in [4.78, 5) is 17.6. The highest BCUT2D eigenvalue weighted by Crippen LogP contribution is 2.26. The molecular weight excluding hydrogens is 370 g/mol. The summed E-state index contributed by atoms with van der Waals surface area (Å²) in [6.07, 6.45) is 3.66. The van der Waals surface area contributed by atoms with Crippen molar-refractivity contribution >= 4 is 17.0 Å². The number of amides is 1. The van der Waals surface area contributed by atoms with Gasteiger partial charge >= 0.3 is 0 Å². The fourth-order valence-electron chi connectivity index (χ4n) is 3.33. The second-order valence-corrected chi connectivity index (χ2v) is 6.81. The van der Waals surface area contributed by atoms with E-state index in [9.17, 15) is 4.79 Å². The molecule has 1 amide bonds. The zero-order chi connectivity index (χ0) is 20.5. The average molecular weight is 393 g/mol. The number of nitrogens with one attached hydrogen (secondary N) is 1. The minimum Gasteiger partial charge on any atom is -0.348 e. The zero-order valence-electron chi connectivity index (χ0n) is 16.9. The number of aromatic nitrogens is 6. The summed E-state index contributed by atoms with van der Waals surface area (Å²) < 4.78 is 9.05. The molecule has 4 rings (SSSR count). The van der Waals surface area contributed by atoms with Crippen LogP contribution in [0.2, 0.25) is 0 Å². The van der Waals surface area contributed by atoms with Crippen LogP contribution < -0.4 is 5.32 Å². The molecule has 4 heterocycles. The molecule has 0 bridgehead atoms. The molecule has 0 saturated heterocycles. The van der Waals surface area contributed by atoms with Gasteiger partial charge in [-0.1, -0.05) is 5.16 Å². The van der Waals surface area contributed by atoms with Crippen molar-refractivity contribution in [2.24, 2.45) is 0 Å². The maximum Gasteiger partial charge on any atom is 0.259 e. The Balaban J connectivity index is 1.68. The molecule has 0 aliphatic carbocycles. The molecule has 4 aromatic rings. The molecule has 0 radical (unpaired) electrons. The molecule has 0 aromatic carbocycles. The van der Waals surface area contributed by atoms with E-state index in [1.54, 1.807) is 23.9 Å². The first kappa shape index (κ1) is 18.9. The van der Waals surface area contributed by atoms with Gasteiger partial charge < -0.3 is 9.84 Å². The van der Waals surface area contributed by atoms with Crippen molar-refractivity contribution in [2.45, 2.75) is 47.3 Å². The van der Waals surface area contributed by atoms with Crippen molar-refractivity contribution in [1.82, 2.24) is 35.0 Å².